The zero-order valence-corrected chi connectivity index (χ0v) is 11.6. The minimum atomic E-state index is -0.224. The number of hydrogen-bond acceptors (Lipinski definition) is 3. The van der Waals surface area contributed by atoms with Gasteiger partial charge in [0.1, 0.15) is 5.69 Å². The number of pyridine rings is 1. The number of aryl methyl sites for hydroxylation is 1. The highest BCUT2D eigenvalue weighted by molar-refractivity contribution is 6.16. The van der Waals surface area contributed by atoms with Crippen LogP contribution in [-0.4, -0.2) is 15.0 Å². The molecule has 0 radical (unpaired) electrons. The molecule has 2 heterocycles. The molecule has 3 aromatic rings. The molecule has 0 amide bonds. The largest absolute Gasteiger partial charge is 0.305 e. The van der Waals surface area contributed by atoms with Gasteiger partial charge in [0, 0.05) is 11.5 Å². The molecule has 0 unspecified atom stereocenters. The molecule has 20 heavy (non-hydrogen) atoms. The van der Waals surface area contributed by atoms with E-state index in [2.05, 4.69) is 15.0 Å². The lowest BCUT2D eigenvalue weighted by atomic mass is 10.1. The average molecular weight is 286 g/mol. The average Bonchev–Trinajstić information content (AvgIpc) is 2.46. The van der Waals surface area contributed by atoms with E-state index in [4.69, 9.17) is 11.6 Å². The fourth-order valence-electron chi connectivity index (χ4n) is 2.17. The Balaban J connectivity index is 2.24. The first-order valence-corrected chi connectivity index (χ1v) is 6.74. The molecule has 0 aliphatic rings. The van der Waals surface area contributed by atoms with E-state index in [9.17, 15) is 4.79 Å². The Morgan fingerprint density at radius 2 is 2.00 bits per heavy atom. The molecule has 0 bridgehead atoms. The second-order valence-corrected chi connectivity index (χ2v) is 4.83. The van der Waals surface area contributed by atoms with Crippen molar-refractivity contribution in [3.63, 3.8) is 0 Å². The van der Waals surface area contributed by atoms with Crippen molar-refractivity contribution >= 4 is 22.5 Å². The van der Waals surface area contributed by atoms with Crippen molar-refractivity contribution in [3.05, 3.63) is 58.0 Å². The molecule has 0 aliphatic carbocycles. The molecule has 1 N–H and O–H groups in total. The fraction of sp³-hybridized carbons (Fsp3) is 0.133. The van der Waals surface area contributed by atoms with Gasteiger partial charge in [0.15, 0.2) is 5.82 Å². The molecule has 1 aromatic carbocycles. The van der Waals surface area contributed by atoms with E-state index < -0.39 is 0 Å². The molecule has 0 spiro atoms. The van der Waals surface area contributed by atoms with Gasteiger partial charge in [-0.3, -0.25) is 4.79 Å². The first kappa shape index (κ1) is 12.8. The molecule has 0 fully saturated rings. The number of fused-ring (bicyclic) bond motifs is 1. The SMILES string of the molecule is Cc1cc(-c2nc(CCl)cc(=O)[nH]2)nc2ccccc12. The maximum atomic E-state index is 11.6. The summed E-state index contributed by atoms with van der Waals surface area (Å²) in [6.45, 7) is 2.01. The minimum absolute atomic E-state index is 0.198. The van der Waals surface area contributed by atoms with E-state index in [0.29, 0.717) is 17.2 Å². The summed E-state index contributed by atoms with van der Waals surface area (Å²) in [5, 5.41) is 1.09. The van der Waals surface area contributed by atoms with Gasteiger partial charge < -0.3 is 4.98 Å². The Labute approximate surface area is 120 Å². The summed E-state index contributed by atoms with van der Waals surface area (Å²) >= 11 is 5.75. The molecule has 0 saturated carbocycles. The first-order valence-electron chi connectivity index (χ1n) is 6.20. The highest BCUT2D eigenvalue weighted by Crippen LogP contribution is 2.21. The quantitative estimate of drug-likeness (QED) is 0.736. The van der Waals surface area contributed by atoms with Crippen molar-refractivity contribution in [2.75, 3.05) is 0 Å². The molecule has 0 saturated heterocycles. The predicted octanol–water partition coefficient (Wildman–Crippen LogP) is 3.03. The summed E-state index contributed by atoms with van der Waals surface area (Å²) in [4.78, 5) is 23.2. The highest BCUT2D eigenvalue weighted by Gasteiger charge is 2.08. The van der Waals surface area contributed by atoms with E-state index in [1.165, 1.54) is 6.07 Å². The lowest BCUT2D eigenvalue weighted by Crippen LogP contribution is -2.10. The normalized spacial score (nSPS) is 10.9. The number of nitrogens with one attached hydrogen (secondary N) is 1. The van der Waals surface area contributed by atoms with Crippen LogP contribution in [0.2, 0.25) is 0 Å². The molecular weight excluding hydrogens is 274 g/mol. The van der Waals surface area contributed by atoms with Gasteiger partial charge in [-0.1, -0.05) is 18.2 Å². The van der Waals surface area contributed by atoms with Crippen LogP contribution in [0.5, 0.6) is 0 Å². The van der Waals surface area contributed by atoms with Crippen LogP contribution >= 0.6 is 11.6 Å². The second kappa shape index (κ2) is 5.06. The molecule has 2 aromatic heterocycles. The van der Waals surface area contributed by atoms with Gasteiger partial charge in [-0.15, -0.1) is 11.6 Å². The van der Waals surface area contributed by atoms with Gasteiger partial charge in [0.25, 0.3) is 5.56 Å². The number of benzene rings is 1. The summed E-state index contributed by atoms with van der Waals surface area (Å²) < 4.78 is 0. The van der Waals surface area contributed by atoms with Crippen molar-refractivity contribution < 1.29 is 0 Å². The van der Waals surface area contributed by atoms with Crippen LogP contribution in [0.25, 0.3) is 22.4 Å². The number of H-pyrrole nitrogens is 1. The van der Waals surface area contributed by atoms with E-state index in [-0.39, 0.29) is 11.4 Å². The summed E-state index contributed by atoms with van der Waals surface area (Å²) in [5.74, 6) is 0.644. The molecular formula is C15H12ClN3O. The van der Waals surface area contributed by atoms with E-state index in [1.54, 1.807) is 0 Å². The number of para-hydroxylation sites is 1. The van der Waals surface area contributed by atoms with Crippen LogP contribution in [0, 0.1) is 6.92 Å². The molecule has 0 aliphatic heterocycles. The smallest absolute Gasteiger partial charge is 0.251 e. The number of rotatable bonds is 2. The first-order chi connectivity index (χ1) is 9.67. The summed E-state index contributed by atoms with van der Waals surface area (Å²) in [5.41, 5.74) is 2.92. The number of halogens is 1. The Morgan fingerprint density at radius 1 is 1.20 bits per heavy atom. The van der Waals surface area contributed by atoms with Gasteiger partial charge in [0.2, 0.25) is 0 Å². The third kappa shape index (κ3) is 2.30. The number of aromatic amines is 1. The monoisotopic (exact) mass is 285 g/mol. The number of alkyl halides is 1. The third-order valence-corrected chi connectivity index (χ3v) is 3.37. The third-order valence-electron chi connectivity index (χ3n) is 3.10. The fourth-order valence-corrected chi connectivity index (χ4v) is 2.31. The van der Waals surface area contributed by atoms with E-state index >= 15 is 0 Å². The Kier molecular flexibility index (Phi) is 3.24. The molecule has 4 nitrogen and oxygen atoms in total. The van der Waals surface area contributed by atoms with Crippen LogP contribution < -0.4 is 5.56 Å². The molecule has 3 rings (SSSR count). The summed E-state index contributed by atoms with van der Waals surface area (Å²) in [6, 6.07) is 11.2. The van der Waals surface area contributed by atoms with Gasteiger partial charge >= 0.3 is 0 Å². The van der Waals surface area contributed by atoms with Crippen molar-refractivity contribution in [2.24, 2.45) is 0 Å². The molecule has 0 atom stereocenters. The van der Waals surface area contributed by atoms with Crippen molar-refractivity contribution in [2.45, 2.75) is 12.8 Å². The van der Waals surface area contributed by atoms with Gasteiger partial charge in [-0.05, 0) is 24.6 Å². The maximum absolute atomic E-state index is 11.6. The molecule has 100 valence electrons. The zero-order valence-electron chi connectivity index (χ0n) is 10.9. The predicted molar refractivity (Wildman–Crippen MR) is 79.9 cm³/mol. The lowest BCUT2D eigenvalue weighted by molar-refractivity contribution is 1.05. The topological polar surface area (TPSA) is 58.6 Å². The van der Waals surface area contributed by atoms with Crippen molar-refractivity contribution in [3.8, 4) is 11.5 Å². The standard InChI is InChI=1S/C15H12ClN3O/c1-9-6-13(18-12-5-3-2-4-11(9)12)15-17-10(8-16)7-14(20)19-15/h2-7H,8H2,1H3,(H,17,19,20). The van der Waals surface area contributed by atoms with Gasteiger partial charge in [-0.25, -0.2) is 9.97 Å². The lowest BCUT2D eigenvalue weighted by Gasteiger charge is -2.06. The Morgan fingerprint density at radius 3 is 2.80 bits per heavy atom. The Bertz CT molecular complexity index is 842. The highest BCUT2D eigenvalue weighted by atomic mass is 35.5. The maximum Gasteiger partial charge on any atom is 0.251 e. The van der Waals surface area contributed by atoms with E-state index in [0.717, 1.165) is 16.5 Å². The van der Waals surface area contributed by atoms with Crippen LogP contribution in [-0.2, 0) is 5.88 Å². The van der Waals surface area contributed by atoms with Crippen molar-refractivity contribution in [1.29, 1.82) is 0 Å². The van der Waals surface area contributed by atoms with Crippen LogP contribution in [0.3, 0.4) is 0 Å². The van der Waals surface area contributed by atoms with Crippen LogP contribution in [0.4, 0.5) is 0 Å². The molecule has 5 heteroatoms. The number of aromatic nitrogens is 3. The van der Waals surface area contributed by atoms with Crippen LogP contribution in [0.15, 0.2) is 41.2 Å². The summed E-state index contributed by atoms with van der Waals surface area (Å²) in [6.07, 6.45) is 0. The number of hydrogen-bond donors (Lipinski definition) is 1. The summed E-state index contributed by atoms with van der Waals surface area (Å²) in [7, 11) is 0. The minimum Gasteiger partial charge on any atom is -0.305 e. The van der Waals surface area contributed by atoms with E-state index in [1.807, 2.05) is 37.3 Å². The van der Waals surface area contributed by atoms with Gasteiger partial charge in [0.05, 0.1) is 17.1 Å². The van der Waals surface area contributed by atoms with Crippen molar-refractivity contribution in [1.82, 2.24) is 15.0 Å². The van der Waals surface area contributed by atoms with Gasteiger partial charge in [-0.2, -0.15) is 0 Å². The van der Waals surface area contributed by atoms with Crippen LogP contribution in [0.1, 0.15) is 11.3 Å². The Hall–Kier alpha value is -2.20. The number of nitrogens with zero attached hydrogens (tertiary/aromatic N) is 2. The zero-order chi connectivity index (χ0) is 14.1. The second-order valence-electron chi connectivity index (χ2n) is 4.56.